The van der Waals surface area contributed by atoms with Crippen molar-refractivity contribution in [2.75, 3.05) is 32.4 Å². The lowest BCUT2D eigenvalue weighted by atomic mass is 10.1. The maximum Gasteiger partial charge on any atom is 0.179 e. The Bertz CT molecular complexity index is 991. The minimum absolute atomic E-state index is 0.0701. The third-order valence-corrected chi connectivity index (χ3v) is 7.08. The van der Waals surface area contributed by atoms with Crippen LogP contribution >= 0.6 is 23.2 Å². The maximum absolute atomic E-state index is 12.2. The molecule has 1 aliphatic heterocycles. The Morgan fingerprint density at radius 2 is 1.86 bits per heavy atom. The van der Waals surface area contributed by atoms with Crippen LogP contribution in [0.2, 0.25) is 10.0 Å². The third-order valence-electron chi connectivity index (χ3n) is 5.39. The minimum atomic E-state index is -3.41. The Balaban J connectivity index is 1.76. The highest BCUT2D eigenvalue weighted by atomic mass is 35.5. The van der Waals surface area contributed by atoms with Gasteiger partial charge in [-0.3, -0.25) is 4.90 Å². The molecule has 1 heterocycles. The van der Waals surface area contributed by atoms with Gasteiger partial charge in [0.1, 0.15) is 16.7 Å². The predicted molar refractivity (Wildman–Crippen MR) is 111 cm³/mol. The van der Waals surface area contributed by atoms with Crippen LogP contribution in [0.5, 0.6) is 5.75 Å². The number of para-hydroxylation sites is 1. The van der Waals surface area contributed by atoms with E-state index in [1.165, 1.54) is 6.26 Å². The van der Waals surface area contributed by atoms with E-state index in [0.717, 1.165) is 43.7 Å². The van der Waals surface area contributed by atoms with Gasteiger partial charge in [0.25, 0.3) is 0 Å². The number of piperazine rings is 1. The molecule has 28 heavy (non-hydrogen) atoms. The van der Waals surface area contributed by atoms with Crippen molar-refractivity contribution in [2.45, 2.75) is 23.5 Å². The number of hydrogen-bond donors (Lipinski definition) is 1. The van der Waals surface area contributed by atoms with E-state index in [0.29, 0.717) is 15.8 Å². The van der Waals surface area contributed by atoms with Crippen molar-refractivity contribution < 1.29 is 13.2 Å². The molecule has 0 radical (unpaired) electrons. The normalized spacial score (nSPS) is 22.8. The number of ether oxygens (including phenoxy) is 1. The smallest absolute Gasteiger partial charge is 0.179 e. The Hall–Kier alpha value is -1.31. The molecule has 2 aromatic rings. The van der Waals surface area contributed by atoms with Crippen molar-refractivity contribution >= 4 is 33.0 Å². The number of sulfone groups is 1. The second kappa shape index (κ2) is 7.84. The summed E-state index contributed by atoms with van der Waals surface area (Å²) in [6, 6.07) is 10.5. The molecular weight excluding hydrogens is 419 g/mol. The van der Waals surface area contributed by atoms with Crippen molar-refractivity contribution in [3.05, 3.63) is 57.6 Å². The van der Waals surface area contributed by atoms with Crippen LogP contribution in [0.25, 0.3) is 0 Å². The van der Waals surface area contributed by atoms with Crippen molar-refractivity contribution in [1.29, 1.82) is 0 Å². The van der Waals surface area contributed by atoms with E-state index < -0.39 is 9.84 Å². The predicted octanol–water partition coefficient (Wildman–Crippen LogP) is 3.35. The number of hydrogen-bond acceptors (Lipinski definition) is 5. The summed E-state index contributed by atoms with van der Waals surface area (Å²) in [6.07, 6.45) is 1.60. The molecule has 0 bridgehead atoms. The maximum atomic E-state index is 12.2. The minimum Gasteiger partial charge on any atom is -0.483 e. The molecule has 1 fully saturated rings. The molecular formula is C20H22Cl2N2O3S. The largest absolute Gasteiger partial charge is 0.483 e. The van der Waals surface area contributed by atoms with Crippen LogP contribution in [0.4, 0.5) is 0 Å². The zero-order valence-electron chi connectivity index (χ0n) is 15.5. The van der Waals surface area contributed by atoms with E-state index in [4.69, 9.17) is 27.9 Å². The average molecular weight is 441 g/mol. The summed E-state index contributed by atoms with van der Waals surface area (Å²) in [5.41, 5.74) is 1.96. The molecule has 8 heteroatoms. The first-order valence-corrected chi connectivity index (χ1v) is 11.9. The van der Waals surface area contributed by atoms with E-state index in [-0.39, 0.29) is 17.0 Å². The first-order chi connectivity index (χ1) is 13.3. The zero-order chi connectivity index (χ0) is 19.9. The van der Waals surface area contributed by atoms with Crippen LogP contribution in [0.3, 0.4) is 0 Å². The van der Waals surface area contributed by atoms with Gasteiger partial charge in [-0.2, -0.15) is 0 Å². The molecule has 150 valence electrons. The van der Waals surface area contributed by atoms with Crippen LogP contribution < -0.4 is 10.1 Å². The Kier molecular flexibility index (Phi) is 5.60. The van der Waals surface area contributed by atoms with Crippen molar-refractivity contribution in [2.24, 2.45) is 0 Å². The van der Waals surface area contributed by atoms with Crippen LogP contribution in [0.15, 0.2) is 41.3 Å². The highest BCUT2D eigenvalue weighted by molar-refractivity contribution is 7.90. The van der Waals surface area contributed by atoms with Crippen LogP contribution in [0, 0.1) is 0 Å². The van der Waals surface area contributed by atoms with Gasteiger partial charge >= 0.3 is 0 Å². The van der Waals surface area contributed by atoms with Crippen LogP contribution in [-0.4, -0.2) is 51.8 Å². The summed E-state index contributed by atoms with van der Waals surface area (Å²) in [7, 11) is -3.41. The summed E-state index contributed by atoms with van der Waals surface area (Å²) in [5.74, 6) is 0.360. The van der Waals surface area contributed by atoms with E-state index in [9.17, 15) is 8.42 Å². The van der Waals surface area contributed by atoms with E-state index in [1.807, 2.05) is 6.07 Å². The summed E-state index contributed by atoms with van der Waals surface area (Å²) < 4.78 is 30.8. The molecule has 0 aromatic heterocycles. The van der Waals surface area contributed by atoms with Gasteiger partial charge in [-0.15, -0.1) is 0 Å². The lowest BCUT2D eigenvalue weighted by Crippen LogP contribution is -2.50. The second-order valence-corrected chi connectivity index (χ2v) is 10.1. The average Bonchev–Trinajstić information content (AvgIpc) is 3.01. The molecule has 0 amide bonds. The van der Waals surface area contributed by atoms with Gasteiger partial charge in [-0.25, -0.2) is 8.42 Å². The molecule has 0 saturated carbocycles. The second-order valence-electron chi connectivity index (χ2n) is 7.27. The number of rotatable bonds is 4. The lowest BCUT2D eigenvalue weighted by molar-refractivity contribution is 0.0675. The third kappa shape index (κ3) is 3.89. The molecule has 2 aromatic carbocycles. The molecule has 2 aliphatic rings. The fourth-order valence-corrected chi connectivity index (χ4v) is 5.48. The summed E-state index contributed by atoms with van der Waals surface area (Å²) in [5, 5.41) is 4.54. The number of fused-ring (bicyclic) bond motifs is 1. The monoisotopic (exact) mass is 440 g/mol. The van der Waals surface area contributed by atoms with Crippen LogP contribution in [-0.2, 0) is 16.3 Å². The van der Waals surface area contributed by atoms with Gasteiger partial charge in [0, 0.05) is 48.0 Å². The van der Waals surface area contributed by atoms with Crippen LogP contribution in [0.1, 0.15) is 17.2 Å². The van der Waals surface area contributed by atoms with Gasteiger partial charge in [0.15, 0.2) is 9.84 Å². The molecule has 1 aliphatic carbocycles. The van der Waals surface area contributed by atoms with Gasteiger partial charge in [0.2, 0.25) is 0 Å². The van der Waals surface area contributed by atoms with Crippen molar-refractivity contribution in [3.63, 3.8) is 0 Å². The molecule has 2 atom stereocenters. The summed E-state index contributed by atoms with van der Waals surface area (Å²) in [4.78, 5) is 2.57. The molecule has 1 N–H and O–H groups in total. The molecule has 4 rings (SSSR count). The summed E-state index contributed by atoms with van der Waals surface area (Å²) >= 11 is 12.8. The standard InChI is InChI=1S/C20H22Cl2N2O3S/c1-28(25,26)19-5-3-2-4-18(19)27-20-15-10-13(21)11-16(22)14(15)12-17(20)24-8-6-23-7-9-24/h2-5,10-11,17,20,23H,6-9,12H2,1H3/t17-,20-/m0/s1. The van der Waals surface area contributed by atoms with E-state index >= 15 is 0 Å². The molecule has 0 spiro atoms. The number of nitrogens with zero attached hydrogens (tertiary/aromatic N) is 1. The van der Waals surface area contributed by atoms with Gasteiger partial charge in [-0.05, 0) is 36.2 Å². The number of benzene rings is 2. The highest BCUT2D eigenvalue weighted by Crippen LogP contribution is 2.43. The highest BCUT2D eigenvalue weighted by Gasteiger charge is 2.40. The van der Waals surface area contributed by atoms with Crippen molar-refractivity contribution in [1.82, 2.24) is 10.2 Å². The van der Waals surface area contributed by atoms with E-state index in [1.54, 1.807) is 30.3 Å². The van der Waals surface area contributed by atoms with Gasteiger partial charge < -0.3 is 10.1 Å². The van der Waals surface area contributed by atoms with E-state index in [2.05, 4.69) is 10.2 Å². The quantitative estimate of drug-likeness (QED) is 0.789. The first-order valence-electron chi connectivity index (χ1n) is 9.23. The Morgan fingerprint density at radius 1 is 1.14 bits per heavy atom. The van der Waals surface area contributed by atoms with Gasteiger partial charge in [0.05, 0.1) is 6.04 Å². The topological polar surface area (TPSA) is 58.6 Å². The first kappa shape index (κ1) is 20.0. The Morgan fingerprint density at radius 3 is 2.57 bits per heavy atom. The SMILES string of the molecule is CS(=O)(=O)c1ccccc1O[C@H]1c2cc(Cl)cc(Cl)c2C[C@@H]1N1CCNCC1. The zero-order valence-corrected chi connectivity index (χ0v) is 17.8. The van der Waals surface area contributed by atoms with Crippen molar-refractivity contribution in [3.8, 4) is 5.75 Å². The number of nitrogens with one attached hydrogen (secondary N) is 1. The fourth-order valence-electron chi connectivity index (χ4n) is 4.08. The Labute approximate surface area is 175 Å². The molecule has 0 unspecified atom stereocenters. The molecule has 5 nitrogen and oxygen atoms in total. The lowest BCUT2D eigenvalue weighted by Gasteiger charge is -2.36. The van der Waals surface area contributed by atoms with Gasteiger partial charge in [-0.1, -0.05) is 35.3 Å². The summed E-state index contributed by atoms with van der Waals surface area (Å²) in [6.45, 7) is 3.62. The molecule has 1 saturated heterocycles. The number of halogens is 2. The fraction of sp³-hybridized carbons (Fsp3) is 0.400.